The molecule has 31 heavy (non-hydrogen) atoms. The highest BCUT2D eigenvalue weighted by atomic mass is 16.5. The van der Waals surface area contributed by atoms with Crippen LogP contribution in [0.1, 0.15) is 32.6 Å². The number of methoxy groups -OCH3 is 3. The largest absolute Gasteiger partial charge is 0.392 e. The minimum Gasteiger partial charge on any atom is -0.392 e. The molecule has 5 aliphatic carbocycles. The molecule has 176 valence electrons. The van der Waals surface area contributed by atoms with Gasteiger partial charge in [-0.3, -0.25) is 4.90 Å². The van der Waals surface area contributed by atoms with Crippen LogP contribution in [0, 0.1) is 40.4 Å². The number of nitrogens with zero attached hydrogens (tertiary/aromatic N) is 1. The van der Waals surface area contributed by atoms with Crippen molar-refractivity contribution in [3.05, 3.63) is 0 Å². The van der Waals surface area contributed by atoms with E-state index in [0.717, 1.165) is 32.4 Å². The first-order chi connectivity index (χ1) is 14.9. The van der Waals surface area contributed by atoms with Crippen LogP contribution >= 0.6 is 0 Å². The Labute approximate surface area is 185 Å². The van der Waals surface area contributed by atoms with Crippen molar-refractivity contribution in [2.75, 3.05) is 41.0 Å². The van der Waals surface area contributed by atoms with Gasteiger partial charge in [-0.1, -0.05) is 6.92 Å². The van der Waals surface area contributed by atoms with E-state index in [1.54, 1.807) is 21.3 Å². The van der Waals surface area contributed by atoms with Gasteiger partial charge in [0, 0.05) is 74.8 Å². The van der Waals surface area contributed by atoms with Crippen LogP contribution < -0.4 is 0 Å². The smallest absolute Gasteiger partial charge is 0.0796 e. The van der Waals surface area contributed by atoms with Crippen molar-refractivity contribution in [1.29, 1.82) is 0 Å². The van der Waals surface area contributed by atoms with Crippen molar-refractivity contribution in [2.45, 2.75) is 68.7 Å². The maximum Gasteiger partial charge on any atom is 0.0796 e. The van der Waals surface area contributed by atoms with E-state index in [-0.39, 0.29) is 58.7 Å². The van der Waals surface area contributed by atoms with Gasteiger partial charge in [0.05, 0.1) is 36.6 Å². The maximum absolute atomic E-state index is 12.5. The number of hydrogen-bond donors (Lipinski definition) is 3. The van der Waals surface area contributed by atoms with Crippen LogP contribution in [0.3, 0.4) is 0 Å². The van der Waals surface area contributed by atoms with E-state index in [0.29, 0.717) is 13.0 Å². The fraction of sp³-hybridized carbons (Fsp3) is 1.00. The summed E-state index contributed by atoms with van der Waals surface area (Å²) in [5.74, 6) is -0.168. The lowest BCUT2D eigenvalue weighted by Gasteiger charge is -2.68. The summed E-state index contributed by atoms with van der Waals surface area (Å²) < 4.78 is 18.0. The van der Waals surface area contributed by atoms with Gasteiger partial charge < -0.3 is 29.5 Å². The van der Waals surface area contributed by atoms with E-state index in [2.05, 4.69) is 11.8 Å². The molecule has 0 radical (unpaired) electrons. The molecular weight excluding hydrogens is 398 g/mol. The maximum atomic E-state index is 12.5. The second kappa shape index (κ2) is 6.65. The van der Waals surface area contributed by atoms with Gasteiger partial charge in [0.1, 0.15) is 0 Å². The van der Waals surface area contributed by atoms with Crippen molar-refractivity contribution >= 4 is 0 Å². The zero-order chi connectivity index (χ0) is 21.9. The Balaban J connectivity index is 1.62. The fourth-order valence-corrected chi connectivity index (χ4v) is 10.7. The third-order valence-electron chi connectivity index (χ3n) is 11.1. The van der Waals surface area contributed by atoms with Gasteiger partial charge in [0.25, 0.3) is 0 Å². The predicted octanol–water partition coefficient (Wildman–Crippen LogP) is 0.502. The number of aliphatic hydroxyl groups is 3. The summed E-state index contributed by atoms with van der Waals surface area (Å²) in [6.45, 7) is 4.63. The molecule has 0 aromatic carbocycles. The average molecular weight is 438 g/mol. The highest BCUT2D eigenvalue weighted by Crippen LogP contribution is 2.79. The van der Waals surface area contributed by atoms with Crippen LogP contribution in [0.2, 0.25) is 0 Å². The topological polar surface area (TPSA) is 91.6 Å². The first-order valence-electron chi connectivity index (χ1n) is 12.2. The van der Waals surface area contributed by atoms with Gasteiger partial charge in [0.2, 0.25) is 0 Å². The summed E-state index contributed by atoms with van der Waals surface area (Å²) >= 11 is 0. The number of piperidine rings is 1. The minimum atomic E-state index is -1.05. The fourth-order valence-electron chi connectivity index (χ4n) is 10.7. The first-order valence-corrected chi connectivity index (χ1v) is 12.2. The van der Waals surface area contributed by atoms with Gasteiger partial charge in [-0.15, -0.1) is 0 Å². The number of ether oxygens (including phenoxy) is 3. The van der Waals surface area contributed by atoms with Gasteiger partial charge in [-0.25, -0.2) is 0 Å². The van der Waals surface area contributed by atoms with Crippen LogP contribution in [-0.2, 0) is 14.2 Å². The molecule has 6 rings (SSSR count). The molecule has 6 fully saturated rings. The Morgan fingerprint density at radius 1 is 1.10 bits per heavy atom. The van der Waals surface area contributed by atoms with E-state index < -0.39 is 17.8 Å². The molecular formula is C24H39NO6. The molecule has 5 saturated carbocycles. The van der Waals surface area contributed by atoms with E-state index in [1.807, 2.05) is 0 Å². The monoisotopic (exact) mass is 437 g/mol. The van der Waals surface area contributed by atoms with E-state index in [9.17, 15) is 15.3 Å². The van der Waals surface area contributed by atoms with Crippen LogP contribution in [0.4, 0.5) is 0 Å². The highest BCUT2D eigenvalue weighted by Gasteiger charge is 2.86. The summed E-state index contributed by atoms with van der Waals surface area (Å²) in [5.41, 5.74) is -1.54. The molecule has 7 heteroatoms. The summed E-state index contributed by atoms with van der Waals surface area (Å²) in [5, 5.41) is 35.7. The summed E-state index contributed by atoms with van der Waals surface area (Å²) in [6, 6.07) is 0.0561. The van der Waals surface area contributed by atoms with Crippen molar-refractivity contribution in [3.8, 4) is 0 Å². The molecule has 0 amide bonds. The highest BCUT2D eigenvalue weighted by molar-refractivity contribution is 5.35. The molecule has 3 N–H and O–H groups in total. The summed E-state index contributed by atoms with van der Waals surface area (Å²) in [7, 11) is 5.24. The normalized spacial score (nSPS) is 61.6. The number of fused-ring (bicyclic) bond motifs is 2. The quantitative estimate of drug-likeness (QED) is 0.577. The van der Waals surface area contributed by atoms with Gasteiger partial charge >= 0.3 is 0 Å². The second-order valence-electron chi connectivity index (χ2n) is 11.6. The standard InChI is InChI=1S/C24H39NO6/c1-5-25-10-22(11-29-2)7-6-15(26)24-13-8-12-14(30-3)9-23(28,16(13)18(12)27)17(21(24)25)19(31-4)20(22)24/h12-21,26-28H,5-11H2,1-4H3/t12?,13?,14?,15?,16?,17?,18?,19?,20?,21?,22-,23+,24-/m0/s1. The SMILES string of the molecule is CCN1C[C@]2(COC)CCC(O)[C@@]34C5CC6C(OC)C[C@@](O)(C5C6O)C(C(OC)C23)C14. The Bertz CT molecular complexity index is 752. The van der Waals surface area contributed by atoms with Crippen molar-refractivity contribution < 1.29 is 29.5 Å². The lowest BCUT2D eigenvalue weighted by Crippen LogP contribution is -2.76. The number of rotatable bonds is 5. The third-order valence-corrected chi connectivity index (χ3v) is 11.1. The molecule has 1 spiro atoms. The lowest BCUT2D eigenvalue weighted by molar-refractivity contribution is -0.272. The minimum absolute atomic E-state index is 0.0248. The van der Waals surface area contributed by atoms with Crippen LogP contribution in [-0.4, -0.2) is 97.3 Å². The molecule has 7 bridgehead atoms. The molecule has 1 saturated heterocycles. The van der Waals surface area contributed by atoms with Gasteiger partial charge in [-0.05, 0) is 31.7 Å². The molecule has 0 aromatic rings. The van der Waals surface area contributed by atoms with Gasteiger partial charge in [0.15, 0.2) is 0 Å². The van der Waals surface area contributed by atoms with Crippen molar-refractivity contribution in [3.63, 3.8) is 0 Å². The molecule has 1 aliphatic heterocycles. The number of hydrogen-bond acceptors (Lipinski definition) is 7. The zero-order valence-corrected chi connectivity index (χ0v) is 19.2. The lowest BCUT2D eigenvalue weighted by atomic mass is 9.43. The first kappa shape index (κ1) is 21.3. The van der Waals surface area contributed by atoms with Crippen molar-refractivity contribution in [2.24, 2.45) is 40.4 Å². The molecule has 13 atom stereocenters. The molecule has 6 aliphatic rings. The average Bonchev–Trinajstić information content (AvgIpc) is 3.16. The van der Waals surface area contributed by atoms with E-state index >= 15 is 0 Å². The van der Waals surface area contributed by atoms with Crippen molar-refractivity contribution in [1.82, 2.24) is 4.90 Å². The molecule has 0 aromatic heterocycles. The summed E-state index contributed by atoms with van der Waals surface area (Å²) in [6.07, 6.45) is 1.65. The second-order valence-corrected chi connectivity index (χ2v) is 11.6. The number of aliphatic hydroxyl groups excluding tert-OH is 2. The number of likely N-dealkylation sites (tertiary alicyclic amines) is 1. The Hall–Kier alpha value is -0.280. The summed E-state index contributed by atoms with van der Waals surface area (Å²) in [4.78, 5) is 2.52. The zero-order valence-electron chi connectivity index (χ0n) is 19.2. The Morgan fingerprint density at radius 3 is 2.52 bits per heavy atom. The van der Waals surface area contributed by atoms with Crippen LogP contribution in [0.5, 0.6) is 0 Å². The van der Waals surface area contributed by atoms with Crippen LogP contribution in [0.25, 0.3) is 0 Å². The molecule has 10 unspecified atom stereocenters. The van der Waals surface area contributed by atoms with E-state index in [4.69, 9.17) is 14.2 Å². The Morgan fingerprint density at radius 2 is 1.87 bits per heavy atom. The third kappa shape index (κ3) is 2.12. The molecule has 1 heterocycles. The molecule has 7 nitrogen and oxygen atoms in total. The Kier molecular flexibility index (Phi) is 4.56. The van der Waals surface area contributed by atoms with Crippen LogP contribution in [0.15, 0.2) is 0 Å². The van der Waals surface area contributed by atoms with Gasteiger partial charge in [-0.2, -0.15) is 0 Å². The predicted molar refractivity (Wildman–Crippen MR) is 112 cm³/mol. The van der Waals surface area contributed by atoms with E-state index in [1.165, 1.54) is 0 Å².